The van der Waals surface area contributed by atoms with E-state index in [-0.39, 0.29) is 0 Å². The SMILES string of the molecule is c1ccc(-c2ccc(-c3nc(-c4ccccc4)nc(-c4ccc5c(c4)sc4cccc(-c6ccccc6-c6cccc7c6oc6ccccc67)c45)n3)cc2)cc1. The zero-order valence-corrected chi connectivity index (χ0v) is 30.9. The van der Waals surface area contributed by atoms with Crippen LogP contribution in [0.5, 0.6) is 0 Å². The number of hydrogen-bond donors (Lipinski definition) is 0. The summed E-state index contributed by atoms with van der Waals surface area (Å²) in [5, 5.41) is 4.70. The van der Waals surface area contributed by atoms with Crippen molar-refractivity contribution in [3.63, 3.8) is 0 Å². The number of aromatic nitrogens is 3. The van der Waals surface area contributed by atoms with Gasteiger partial charge in [-0.15, -0.1) is 11.3 Å². The van der Waals surface area contributed by atoms with Gasteiger partial charge in [-0.3, -0.25) is 0 Å². The van der Waals surface area contributed by atoms with E-state index in [2.05, 4.69) is 140 Å². The van der Waals surface area contributed by atoms with Gasteiger partial charge < -0.3 is 4.42 Å². The van der Waals surface area contributed by atoms with E-state index < -0.39 is 0 Å². The van der Waals surface area contributed by atoms with Crippen LogP contribution in [0.3, 0.4) is 0 Å². The van der Waals surface area contributed by atoms with Crippen LogP contribution in [0.25, 0.3) is 110 Å². The van der Waals surface area contributed by atoms with Gasteiger partial charge in [-0.05, 0) is 46.0 Å². The molecule has 5 heteroatoms. The van der Waals surface area contributed by atoms with Crippen LogP contribution in [0, 0.1) is 0 Å². The van der Waals surface area contributed by atoms with E-state index in [4.69, 9.17) is 19.4 Å². The Hall–Kier alpha value is -7.21. The predicted octanol–water partition coefficient (Wildman–Crippen LogP) is 14.1. The van der Waals surface area contributed by atoms with Gasteiger partial charge in [-0.25, -0.2) is 15.0 Å². The second kappa shape index (κ2) is 13.3. The van der Waals surface area contributed by atoms with Crippen LogP contribution >= 0.6 is 11.3 Å². The Kier molecular flexibility index (Phi) is 7.64. The Morgan fingerprint density at radius 3 is 1.62 bits per heavy atom. The number of para-hydroxylation sites is 2. The maximum atomic E-state index is 6.51. The van der Waals surface area contributed by atoms with Gasteiger partial charge in [0.2, 0.25) is 0 Å². The average Bonchev–Trinajstić information content (AvgIpc) is 3.85. The normalized spacial score (nSPS) is 11.6. The summed E-state index contributed by atoms with van der Waals surface area (Å²) in [6.07, 6.45) is 0. The smallest absolute Gasteiger partial charge is 0.164 e. The third kappa shape index (κ3) is 5.48. The fourth-order valence-electron chi connectivity index (χ4n) is 7.89. The number of thiophene rings is 1. The van der Waals surface area contributed by atoms with Gasteiger partial charge in [0, 0.05) is 53.2 Å². The van der Waals surface area contributed by atoms with Gasteiger partial charge in [0.05, 0.1) is 0 Å². The van der Waals surface area contributed by atoms with E-state index in [9.17, 15) is 0 Å². The molecule has 3 aromatic heterocycles. The molecule has 0 aliphatic rings. The van der Waals surface area contributed by atoms with Crippen LogP contribution in [0.2, 0.25) is 0 Å². The Morgan fingerprint density at radius 1 is 0.339 bits per heavy atom. The molecule has 0 aliphatic carbocycles. The summed E-state index contributed by atoms with van der Waals surface area (Å²) in [6.45, 7) is 0. The van der Waals surface area contributed by atoms with Crippen molar-refractivity contribution in [1.82, 2.24) is 15.0 Å². The lowest BCUT2D eigenvalue weighted by Crippen LogP contribution is -2.00. The van der Waals surface area contributed by atoms with Gasteiger partial charge in [0.15, 0.2) is 17.5 Å². The molecule has 0 saturated carbocycles. The summed E-state index contributed by atoms with van der Waals surface area (Å²) in [6, 6.07) is 65.6. The molecular formula is C51H31N3OS. The van der Waals surface area contributed by atoms with Crippen molar-refractivity contribution in [2.45, 2.75) is 0 Å². The number of fused-ring (bicyclic) bond motifs is 6. The summed E-state index contributed by atoms with van der Waals surface area (Å²) in [5.41, 5.74) is 11.6. The lowest BCUT2D eigenvalue weighted by Gasteiger charge is -2.12. The molecule has 0 amide bonds. The minimum atomic E-state index is 0.642. The maximum absolute atomic E-state index is 6.51. The Balaban J connectivity index is 1.04. The molecule has 0 N–H and O–H groups in total. The van der Waals surface area contributed by atoms with Crippen molar-refractivity contribution in [2.24, 2.45) is 0 Å². The zero-order chi connectivity index (χ0) is 37.0. The Bertz CT molecular complexity index is 3240. The third-order valence-corrected chi connectivity index (χ3v) is 11.7. The van der Waals surface area contributed by atoms with Gasteiger partial charge in [-0.2, -0.15) is 0 Å². The summed E-state index contributed by atoms with van der Waals surface area (Å²) in [5.74, 6) is 1.93. The molecule has 0 saturated heterocycles. The fourth-order valence-corrected chi connectivity index (χ4v) is 9.07. The monoisotopic (exact) mass is 733 g/mol. The van der Waals surface area contributed by atoms with E-state index in [1.54, 1.807) is 11.3 Å². The van der Waals surface area contributed by atoms with Crippen LogP contribution < -0.4 is 0 Å². The van der Waals surface area contributed by atoms with E-state index in [1.807, 2.05) is 48.5 Å². The van der Waals surface area contributed by atoms with E-state index in [0.717, 1.165) is 55.3 Å². The van der Waals surface area contributed by atoms with Crippen LogP contribution in [0.1, 0.15) is 0 Å². The number of nitrogens with zero attached hydrogens (tertiary/aromatic N) is 3. The predicted molar refractivity (Wildman–Crippen MR) is 233 cm³/mol. The molecule has 56 heavy (non-hydrogen) atoms. The van der Waals surface area contributed by atoms with Crippen molar-refractivity contribution in [3.8, 4) is 67.5 Å². The zero-order valence-electron chi connectivity index (χ0n) is 30.1. The third-order valence-electron chi connectivity index (χ3n) is 10.6. The van der Waals surface area contributed by atoms with Gasteiger partial charge in [0.25, 0.3) is 0 Å². The minimum absolute atomic E-state index is 0.642. The average molecular weight is 734 g/mol. The molecule has 11 aromatic rings. The maximum Gasteiger partial charge on any atom is 0.164 e. The number of hydrogen-bond acceptors (Lipinski definition) is 5. The van der Waals surface area contributed by atoms with Crippen molar-refractivity contribution in [1.29, 1.82) is 0 Å². The standard InChI is InChI=1S/C51H31N3OS/c1-3-13-32(14-4-1)33-25-27-35(28-26-33)50-52-49(34-15-5-2-6-16-34)53-51(54-50)36-29-30-43-46(31-36)56-45-24-12-20-40(47(43)45)37-17-7-8-18-38(37)41-21-11-22-42-39-19-9-10-23-44(39)55-48(41)42/h1-31H. The fraction of sp³-hybridized carbons (Fsp3) is 0. The molecule has 3 heterocycles. The first-order chi connectivity index (χ1) is 27.7. The lowest BCUT2D eigenvalue weighted by atomic mass is 9.91. The summed E-state index contributed by atoms with van der Waals surface area (Å²) in [4.78, 5) is 15.1. The van der Waals surface area contributed by atoms with Crippen molar-refractivity contribution in [3.05, 3.63) is 188 Å². The van der Waals surface area contributed by atoms with Crippen molar-refractivity contribution >= 4 is 53.4 Å². The van der Waals surface area contributed by atoms with Crippen LogP contribution in [0.4, 0.5) is 0 Å². The minimum Gasteiger partial charge on any atom is -0.455 e. The number of furan rings is 1. The summed E-state index contributed by atoms with van der Waals surface area (Å²) >= 11 is 1.80. The molecule has 0 fully saturated rings. The molecule has 8 aromatic carbocycles. The first kappa shape index (κ1) is 32.2. The van der Waals surface area contributed by atoms with Crippen LogP contribution in [-0.2, 0) is 0 Å². The highest BCUT2D eigenvalue weighted by Gasteiger charge is 2.19. The number of rotatable bonds is 6. The molecule has 4 nitrogen and oxygen atoms in total. The lowest BCUT2D eigenvalue weighted by molar-refractivity contribution is 0.670. The highest BCUT2D eigenvalue weighted by atomic mass is 32.1. The first-order valence-corrected chi connectivity index (χ1v) is 19.5. The second-order valence-electron chi connectivity index (χ2n) is 13.9. The van der Waals surface area contributed by atoms with Gasteiger partial charge in [-0.1, -0.05) is 170 Å². The molecule has 0 radical (unpaired) electrons. The molecule has 11 rings (SSSR count). The van der Waals surface area contributed by atoms with Crippen molar-refractivity contribution < 1.29 is 4.42 Å². The molecule has 0 bridgehead atoms. The highest BCUT2D eigenvalue weighted by molar-refractivity contribution is 7.26. The van der Waals surface area contributed by atoms with E-state index in [1.165, 1.54) is 36.9 Å². The molecule has 0 unspecified atom stereocenters. The topological polar surface area (TPSA) is 51.8 Å². The molecule has 262 valence electrons. The second-order valence-corrected chi connectivity index (χ2v) is 15.0. The Morgan fingerprint density at radius 2 is 0.857 bits per heavy atom. The molecule has 0 aliphatic heterocycles. The van der Waals surface area contributed by atoms with Gasteiger partial charge >= 0.3 is 0 Å². The molecule has 0 spiro atoms. The van der Waals surface area contributed by atoms with Crippen LogP contribution in [-0.4, -0.2) is 15.0 Å². The van der Waals surface area contributed by atoms with Crippen LogP contribution in [0.15, 0.2) is 192 Å². The summed E-state index contributed by atoms with van der Waals surface area (Å²) < 4.78 is 8.92. The summed E-state index contributed by atoms with van der Waals surface area (Å²) in [7, 11) is 0. The number of benzene rings is 8. The first-order valence-electron chi connectivity index (χ1n) is 18.7. The Labute approximate surface area is 327 Å². The van der Waals surface area contributed by atoms with Crippen molar-refractivity contribution in [2.75, 3.05) is 0 Å². The highest BCUT2D eigenvalue weighted by Crippen LogP contribution is 2.45. The largest absolute Gasteiger partial charge is 0.455 e. The quantitative estimate of drug-likeness (QED) is 0.171. The van der Waals surface area contributed by atoms with Gasteiger partial charge in [0.1, 0.15) is 11.2 Å². The van der Waals surface area contributed by atoms with E-state index >= 15 is 0 Å². The molecular weight excluding hydrogens is 703 g/mol. The van der Waals surface area contributed by atoms with E-state index in [0.29, 0.717) is 17.5 Å². The molecule has 0 atom stereocenters.